The Morgan fingerprint density at radius 2 is 2.00 bits per heavy atom. The highest BCUT2D eigenvalue weighted by Crippen LogP contribution is 2.30. The summed E-state index contributed by atoms with van der Waals surface area (Å²) in [6, 6.07) is 9.82. The Bertz CT molecular complexity index is 601. The highest BCUT2D eigenvalue weighted by Gasteiger charge is 2.34. The smallest absolute Gasteiger partial charge is 0.158 e. The third-order valence-electron chi connectivity index (χ3n) is 4.03. The van der Waals surface area contributed by atoms with Gasteiger partial charge < -0.3 is 0 Å². The molecular weight excluding hydrogens is 270 g/mol. The van der Waals surface area contributed by atoms with E-state index in [1.807, 2.05) is 31.2 Å². The second kappa shape index (κ2) is 6.41. The van der Waals surface area contributed by atoms with Gasteiger partial charge in [0.15, 0.2) is 9.84 Å². The van der Waals surface area contributed by atoms with Crippen LogP contribution in [-0.4, -0.2) is 13.7 Å². The first-order chi connectivity index (χ1) is 9.53. The molecule has 108 valence electrons. The SMILES string of the molecule is Cc1cccc(CS(=O)(=O)C2CCCCCC2C#N)c1. The number of rotatable bonds is 3. The molecule has 1 aliphatic carbocycles. The predicted molar refractivity (Wildman–Crippen MR) is 79.8 cm³/mol. The molecule has 0 bridgehead atoms. The monoisotopic (exact) mass is 291 g/mol. The first-order valence-electron chi connectivity index (χ1n) is 7.19. The number of nitrogens with zero attached hydrogens (tertiary/aromatic N) is 1. The zero-order valence-corrected chi connectivity index (χ0v) is 12.7. The lowest BCUT2D eigenvalue weighted by molar-refractivity contribution is 0.522. The van der Waals surface area contributed by atoms with E-state index in [0.717, 1.165) is 30.4 Å². The van der Waals surface area contributed by atoms with E-state index in [1.54, 1.807) is 0 Å². The summed E-state index contributed by atoms with van der Waals surface area (Å²) in [5.41, 5.74) is 1.89. The molecule has 0 aliphatic heterocycles. The molecule has 2 atom stereocenters. The van der Waals surface area contributed by atoms with Crippen LogP contribution in [0.5, 0.6) is 0 Å². The van der Waals surface area contributed by atoms with Crippen LogP contribution in [0.15, 0.2) is 24.3 Å². The van der Waals surface area contributed by atoms with Gasteiger partial charge in [-0.05, 0) is 25.3 Å². The topological polar surface area (TPSA) is 57.9 Å². The molecule has 0 amide bonds. The van der Waals surface area contributed by atoms with E-state index in [-0.39, 0.29) is 11.7 Å². The molecule has 0 heterocycles. The largest absolute Gasteiger partial charge is 0.228 e. The lowest BCUT2D eigenvalue weighted by Gasteiger charge is -2.19. The molecule has 1 aromatic carbocycles. The van der Waals surface area contributed by atoms with E-state index >= 15 is 0 Å². The van der Waals surface area contributed by atoms with E-state index in [4.69, 9.17) is 0 Å². The lowest BCUT2D eigenvalue weighted by atomic mass is 10.0. The van der Waals surface area contributed by atoms with E-state index < -0.39 is 15.1 Å². The van der Waals surface area contributed by atoms with Crippen molar-refractivity contribution in [2.75, 3.05) is 0 Å². The fraction of sp³-hybridized carbons (Fsp3) is 0.562. The van der Waals surface area contributed by atoms with Gasteiger partial charge in [-0.25, -0.2) is 8.42 Å². The zero-order valence-electron chi connectivity index (χ0n) is 11.9. The van der Waals surface area contributed by atoms with Crippen molar-refractivity contribution < 1.29 is 8.42 Å². The van der Waals surface area contributed by atoms with Crippen LogP contribution < -0.4 is 0 Å². The molecule has 4 heteroatoms. The van der Waals surface area contributed by atoms with E-state index in [2.05, 4.69) is 6.07 Å². The minimum absolute atomic E-state index is 0.0531. The molecule has 1 saturated carbocycles. The molecule has 0 spiro atoms. The molecule has 0 N–H and O–H groups in total. The van der Waals surface area contributed by atoms with Gasteiger partial charge in [0, 0.05) is 0 Å². The number of benzene rings is 1. The highest BCUT2D eigenvalue weighted by molar-refractivity contribution is 7.91. The average molecular weight is 291 g/mol. The quantitative estimate of drug-likeness (QED) is 0.802. The molecule has 1 aromatic rings. The normalized spacial score (nSPS) is 23.8. The van der Waals surface area contributed by atoms with Crippen molar-refractivity contribution in [1.29, 1.82) is 5.26 Å². The van der Waals surface area contributed by atoms with Crippen molar-refractivity contribution in [1.82, 2.24) is 0 Å². The minimum atomic E-state index is -3.26. The Hall–Kier alpha value is -1.34. The highest BCUT2D eigenvalue weighted by atomic mass is 32.2. The first kappa shape index (κ1) is 15.1. The molecule has 1 fully saturated rings. The lowest BCUT2D eigenvalue weighted by Crippen LogP contribution is -2.29. The molecule has 0 radical (unpaired) electrons. The molecular formula is C16H21NO2S. The van der Waals surface area contributed by atoms with E-state index in [0.29, 0.717) is 12.8 Å². The van der Waals surface area contributed by atoms with E-state index in [9.17, 15) is 13.7 Å². The van der Waals surface area contributed by atoms with Crippen LogP contribution in [0.2, 0.25) is 0 Å². The second-order valence-corrected chi connectivity index (χ2v) is 7.93. The van der Waals surface area contributed by atoms with Crippen LogP contribution in [-0.2, 0) is 15.6 Å². The summed E-state index contributed by atoms with van der Waals surface area (Å²) >= 11 is 0. The fourth-order valence-electron chi connectivity index (χ4n) is 2.99. The standard InChI is InChI=1S/C16H21NO2S/c1-13-6-5-7-14(10-13)12-20(18,19)16-9-4-2-3-8-15(16)11-17/h5-7,10,15-16H,2-4,8-9,12H2,1H3. The maximum atomic E-state index is 12.6. The molecule has 2 rings (SSSR count). The van der Waals surface area contributed by atoms with Crippen molar-refractivity contribution in [3.05, 3.63) is 35.4 Å². The molecule has 1 aliphatic rings. The van der Waals surface area contributed by atoms with Gasteiger partial charge in [0.25, 0.3) is 0 Å². The molecule has 0 aromatic heterocycles. The van der Waals surface area contributed by atoms with Crippen LogP contribution in [0, 0.1) is 24.2 Å². The Labute approximate surface area is 121 Å². The number of hydrogen-bond donors (Lipinski definition) is 0. The second-order valence-electron chi connectivity index (χ2n) is 5.71. The molecule has 2 unspecified atom stereocenters. The maximum Gasteiger partial charge on any atom is 0.158 e. The number of hydrogen-bond acceptors (Lipinski definition) is 3. The molecule has 20 heavy (non-hydrogen) atoms. The summed E-state index contributed by atoms with van der Waals surface area (Å²) in [7, 11) is -3.26. The summed E-state index contributed by atoms with van der Waals surface area (Å²) < 4.78 is 25.3. The van der Waals surface area contributed by atoms with Crippen molar-refractivity contribution in [3.63, 3.8) is 0 Å². The van der Waals surface area contributed by atoms with Crippen molar-refractivity contribution in [3.8, 4) is 6.07 Å². The summed E-state index contributed by atoms with van der Waals surface area (Å²) in [6.45, 7) is 1.96. The van der Waals surface area contributed by atoms with Gasteiger partial charge in [0.2, 0.25) is 0 Å². The Morgan fingerprint density at radius 3 is 2.70 bits per heavy atom. The van der Waals surface area contributed by atoms with Crippen molar-refractivity contribution >= 4 is 9.84 Å². The Morgan fingerprint density at radius 1 is 1.25 bits per heavy atom. The predicted octanol–water partition coefficient (Wildman–Crippen LogP) is 3.38. The zero-order chi connectivity index (χ0) is 14.6. The van der Waals surface area contributed by atoms with Crippen molar-refractivity contribution in [2.24, 2.45) is 5.92 Å². The third-order valence-corrected chi connectivity index (χ3v) is 6.25. The van der Waals surface area contributed by atoms with Gasteiger partial charge in [0.1, 0.15) is 0 Å². The van der Waals surface area contributed by atoms with Crippen LogP contribution in [0.3, 0.4) is 0 Å². The van der Waals surface area contributed by atoms with Gasteiger partial charge in [-0.3, -0.25) is 0 Å². The van der Waals surface area contributed by atoms with Crippen LogP contribution in [0.25, 0.3) is 0 Å². The van der Waals surface area contributed by atoms with Crippen LogP contribution in [0.1, 0.15) is 43.2 Å². The van der Waals surface area contributed by atoms with Gasteiger partial charge in [-0.15, -0.1) is 0 Å². The van der Waals surface area contributed by atoms with E-state index in [1.165, 1.54) is 0 Å². The number of sulfone groups is 1. The third kappa shape index (κ3) is 3.61. The minimum Gasteiger partial charge on any atom is -0.228 e. The fourth-order valence-corrected chi connectivity index (χ4v) is 5.07. The van der Waals surface area contributed by atoms with Crippen LogP contribution in [0.4, 0.5) is 0 Å². The van der Waals surface area contributed by atoms with Crippen molar-refractivity contribution in [2.45, 2.75) is 50.0 Å². The van der Waals surface area contributed by atoms with Gasteiger partial charge >= 0.3 is 0 Å². The maximum absolute atomic E-state index is 12.6. The molecule has 3 nitrogen and oxygen atoms in total. The average Bonchev–Trinajstić information content (AvgIpc) is 2.63. The summed E-state index contributed by atoms with van der Waals surface area (Å²) in [6.07, 6.45) is 4.26. The Balaban J connectivity index is 2.22. The summed E-state index contributed by atoms with van der Waals surface area (Å²) in [4.78, 5) is 0. The number of nitriles is 1. The number of aryl methyl sites for hydroxylation is 1. The molecule has 0 saturated heterocycles. The summed E-state index contributed by atoms with van der Waals surface area (Å²) in [5.74, 6) is -0.287. The Kier molecular flexibility index (Phi) is 4.82. The van der Waals surface area contributed by atoms with Gasteiger partial charge in [-0.2, -0.15) is 5.26 Å². The first-order valence-corrected chi connectivity index (χ1v) is 8.91. The van der Waals surface area contributed by atoms with Crippen LogP contribution >= 0.6 is 0 Å². The van der Waals surface area contributed by atoms with Gasteiger partial charge in [-0.1, -0.05) is 49.1 Å². The summed E-state index contributed by atoms with van der Waals surface area (Å²) in [5, 5.41) is 8.76. The van der Waals surface area contributed by atoms with Gasteiger partial charge in [0.05, 0.1) is 23.0 Å².